The van der Waals surface area contributed by atoms with Crippen LogP contribution in [-0.4, -0.2) is 40.8 Å². The second-order valence-electron chi connectivity index (χ2n) is 5.68. The number of aromatic nitrogens is 2. The minimum absolute atomic E-state index is 0.203. The number of aryl methyl sites for hydroxylation is 1. The Morgan fingerprint density at radius 2 is 2.10 bits per heavy atom. The Labute approximate surface area is 121 Å². The zero-order valence-corrected chi connectivity index (χ0v) is 12.8. The third kappa shape index (κ3) is 3.82. The van der Waals surface area contributed by atoms with Crippen LogP contribution in [0.1, 0.15) is 38.8 Å². The first-order valence-electron chi connectivity index (χ1n) is 7.62. The molecule has 1 saturated heterocycles. The van der Waals surface area contributed by atoms with Gasteiger partial charge in [0.15, 0.2) is 0 Å². The Kier molecular flexibility index (Phi) is 5.17. The van der Waals surface area contributed by atoms with Gasteiger partial charge in [0.1, 0.15) is 5.82 Å². The van der Waals surface area contributed by atoms with E-state index in [-0.39, 0.29) is 6.10 Å². The molecule has 0 aliphatic carbocycles. The fraction of sp³-hybridized carbons (Fsp3) is 0.733. The van der Waals surface area contributed by atoms with Gasteiger partial charge in [0.05, 0.1) is 6.10 Å². The first-order chi connectivity index (χ1) is 9.60. The van der Waals surface area contributed by atoms with Gasteiger partial charge in [-0.05, 0) is 39.0 Å². The molecule has 112 valence electrons. The van der Waals surface area contributed by atoms with Crippen LogP contribution < -0.4 is 10.2 Å². The Balaban J connectivity index is 2.03. The highest BCUT2D eigenvalue weighted by Crippen LogP contribution is 2.25. The monoisotopic (exact) mass is 278 g/mol. The fourth-order valence-electron chi connectivity index (χ4n) is 2.64. The average molecular weight is 278 g/mol. The van der Waals surface area contributed by atoms with Crippen LogP contribution in [0.25, 0.3) is 0 Å². The largest absolute Gasteiger partial charge is 0.393 e. The zero-order chi connectivity index (χ0) is 14.5. The Morgan fingerprint density at radius 3 is 2.70 bits per heavy atom. The molecule has 0 aromatic carbocycles. The summed E-state index contributed by atoms with van der Waals surface area (Å²) in [5.41, 5.74) is 0.992. The number of piperidine rings is 1. The predicted octanol–water partition coefficient (Wildman–Crippen LogP) is 2.20. The summed E-state index contributed by atoms with van der Waals surface area (Å²) in [5, 5.41) is 12.9. The van der Waals surface area contributed by atoms with Gasteiger partial charge >= 0.3 is 0 Å². The average Bonchev–Trinajstić information content (AvgIpc) is 2.44. The SMILES string of the molecule is CCCNc1nc(C)cc(N2CCC(C(C)O)CC2)n1. The van der Waals surface area contributed by atoms with E-state index in [0.29, 0.717) is 5.92 Å². The van der Waals surface area contributed by atoms with Gasteiger partial charge < -0.3 is 15.3 Å². The summed E-state index contributed by atoms with van der Waals surface area (Å²) in [6.07, 6.45) is 2.91. The lowest BCUT2D eigenvalue weighted by molar-refractivity contribution is 0.110. The summed E-state index contributed by atoms with van der Waals surface area (Å²) in [4.78, 5) is 11.3. The van der Waals surface area contributed by atoms with Gasteiger partial charge in [-0.2, -0.15) is 4.98 Å². The van der Waals surface area contributed by atoms with Gasteiger partial charge in [0.2, 0.25) is 5.95 Å². The van der Waals surface area contributed by atoms with Gasteiger partial charge in [-0.1, -0.05) is 6.92 Å². The molecule has 0 bridgehead atoms. The first-order valence-corrected chi connectivity index (χ1v) is 7.62. The van der Waals surface area contributed by atoms with Crippen molar-refractivity contribution in [3.63, 3.8) is 0 Å². The fourth-order valence-corrected chi connectivity index (χ4v) is 2.64. The smallest absolute Gasteiger partial charge is 0.224 e. The summed E-state index contributed by atoms with van der Waals surface area (Å²) in [5.74, 6) is 2.14. The standard InChI is InChI=1S/C15H26N4O/c1-4-7-16-15-17-11(2)10-14(18-15)19-8-5-13(6-9-19)12(3)20/h10,12-13,20H,4-9H2,1-3H3,(H,16,17,18). The van der Waals surface area contributed by atoms with Gasteiger partial charge in [-0.15, -0.1) is 0 Å². The lowest BCUT2D eigenvalue weighted by Crippen LogP contribution is -2.37. The van der Waals surface area contributed by atoms with Crippen molar-refractivity contribution in [2.24, 2.45) is 5.92 Å². The van der Waals surface area contributed by atoms with E-state index in [0.717, 1.165) is 56.4 Å². The topological polar surface area (TPSA) is 61.3 Å². The Hall–Kier alpha value is -1.36. The highest BCUT2D eigenvalue weighted by Gasteiger charge is 2.23. The van der Waals surface area contributed by atoms with Gasteiger partial charge in [-0.25, -0.2) is 4.98 Å². The van der Waals surface area contributed by atoms with Crippen LogP contribution in [0, 0.1) is 12.8 Å². The van der Waals surface area contributed by atoms with Crippen LogP contribution in [0.2, 0.25) is 0 Å². The van der Waals surface area contributed by atoms with E-state index in [9.17, 15) is 5.11 Å². The molecule has 5 nitrogen and oxygen atoms in total. The quantitative estimate of drug-likeness (QED) is 0.864. The van der Waals surface area contributed by atoms with E-state index in [1.54, 1.807) is 0 Å². The number of hydrogen-bond donors (Lipinski definition) is 2. The first kappa shape index (κ1) is 15.0. The highest BCUT2D eigenvalue weighted by molar-refractivity contribution is 5.45. The van der Waals surface area contributed by atoms with Crippen molar-refractivity contribution >= 4 is 11.8 Å². The molecule has 1 fully saturated rings. The number of nitrogens with zero attached hydrogens (tertiary/aromatic N) is 3. The molecule has 1 aromatic rings. The van der Waals surface area contributed by atoms with Crippen LogP contribution in [-0.2, 0) is 0 Å². The molecule has 1 atom stereocenters. The molecule has 2 N–H and O–H groups in total. The molecule has 1 aliphatic rings. The van der Waals surface area contributed by atoms with Crippen LogP contribution in [0.4, 0.5) is 11.8 Å². The van der Waals surface area contributed by atoms with E-state index < -0.39 is 0 Å². The second kappa shape index (κ2) is 6.88. The molecule has 0 spiro atoms. The highest BCUT2D eigenvalue weighted by atomic mass is 16.3. The predicted molar refractivity (Wildman–Crippen MR) is 82.2 cm³/mol. The molecule has 1 unspecified atom stereocenters. The number of anilines is 2. The zero-order valence-electron chi connectivity index (χ0n) is 12.8. The summed E-state index contributed by atoms with van der Waals surface area (Å²) < 4.78 is 0. The van der Waals surface area contributed by atoms with E-state index in [1.165, 1.54) is 0 Å². The molecular weight excluding hydrogens is 252 g/mol. The molecule has 5 heteroatoms. The summed E-state index contributed by atoms with van der Waals surface area (Å²) in [7, 11) is 0. The van der Waals surface area contributed by atoms with E-state index in [1.807, 2.05) is 19.9 Å². The molecule has 20 heavy (non-hydrogen) atoms. The molecule has 0 saturated carbocycles. The van der Waals surface area contributed by atoms with Crippen molar-refractivity contribution in [3.8, 4) is 0 Å². The second-order valence-corrected chi connectivity index (χ2v) is 5.68. The van der Waals surface area contributed by atoms with Crippen LogP contribution >= 0.6 is 0 Å². The molecule has 2 rings (SSSR count). The van der Waals surface area contributed by atoms with Gasteiger partial charge in [0, 0.05) is 31.4 Å². The molecule has 1 aromatic heterocycles. The van der Waals surface area contributed by atoms with Crippen LogP contribution in [0.5, 0.6) is 0 Å². The van der Waals surface area contributed by atoms with Crippen molar-refractivity contribution < 1.29 is 5.11 Å². The lowest BCUT2D eigenvalue weighted by Gasteiger charge is -2.34. The number of aliphatic hydroxyl groups is 1. The van der Waals surface area contributed by atoms with E-state index >= 15 is 0 Å². The minimum Gasteiger partial charge on any atom is -0.393 e. The number of rotatable bonds is 5. The van der Waals surface area contributed by atoms with Crippen molar-refractivity contribution in [1.29, 1.82) is 0 Å². The molecule has 0 radical (unpaired) electrons. The van der Waals surface area contributed by atoms with Crippen LogP contribution in [0.15, 0.2) is 6.07 Å². The third-order valence-electron chi connectivity index (χ3n) is 3.92. The van der Waals surface area contributed by atoms with Gasteiger partial charge in [0.25, 0.3) is 0 Å². The van der Waals surface area contributed by atoms with Crippen LogP contribution in [0.3, 0.4) is 0 Å². The Bertz CT molecular complexity index is 428. The molecule has 0 amide bonds. The normalized spacial score (nSPS) is 18.1. The van der Waals surface area contributed by atoms with E-state index in [2.05, 4.69) is 27.1 Å². The molecule has 1 aliphatic heterocycles. The number of aliphatic hydroxyl groups excluding tert-OH is 1. The maximum atomic E-state index is 9.67. The number of hydrogen-bond acceptors (Lipinski definition) is 5. The van der Waals surface area contributed by atoms with Crippen molar-refractivity contribution in [3.05, 3.63) is 11.8 Å². The maximum Gasteiger partial charge on any atom is 0.224 e. The molecule has 2 heterocycles. The maximum absolute atomic E-state index is 9.67. The van der Waals surface area contributed by atoms with Crippen molar-refractivity contribution in [1.82, 2.24) is 9.97 Å². The van der Waals surface area contributed by atoms with Crippen molar-refractivity contribution in [2.45, 2.75) is 46.1 Å². The third-order valence-corrected chi connectivity index (χ3v) is 3.92. The summed E-state index contributed by atoms with van der Waals surface area (Å²) >= 11 is 0. The van der Waals surface area contributed by atoms with Crippen molar-refractivity contribution in [2.75, 3.05) is 29.9 Å². The van der Waals surface area contributed by atoms with E-state index in [4.69, 9.17) is 0 Å². The minimum atomic E-state index is -0.203. The summed E-state index contributed by atoms with van der Waals surface area (Å²) in [6, 6.07) is 2.04. The lowest BCUT2D eigenvalue weighted by atomic mass is 9.92. The Morgan fingerprint density at radius 1 is 1.40 bits per heavy atom. The number of nitrogens with one attached hydrogen (secondary N) is 1. The summed E-state index contributed by atoms with van der Waals surface area (Å²) in [6.45, 7) is 8.84. The van der Waals surface area contributed by atoms with Gasteiger partial charge in [-0.3, -0.25) is 0 Å². The molecular formula is C15H26N4O.